The van der Waals surface area contributed by atoms with Gasteiger partial charge in [0.1, 0.15) is 5.65 Å². The van der Waals surface area contributed by atoms with Crippen LogP contribution in [0.2, 0.25) is 0 Å². The van der Waals surface area contributed by atoms with Crippen LogP contribution in [0.1, 0.15) is 13.3 Å². The minimum Gasteiger partial charge on any atom is -0.290 e. The van der Waals surface area contributed by atoms with Gasteiger partial charge in [-0.05, 0) is 6.42 Å². The van der Waals surface area contributed by atoms with Gasteiger partial charge >= 0.3 is 5.69 Å². The molecule has 2 rings (SSSR count). The SMILES string of the molecule is CCC=NNc1nc(=O)[nH]c2[nH]ncc12. The number of aromatic amines is 2. The van der Waals surface area contributed by atoms with Crippen LogP contribution in [0.15, 0.2) is 16.1 Å². The van der Waals surface area contributed by atoms with Gasteiger partial charge in [0.2, 0.25) is 0 Å². The topological polar surface area (TPSA) is 98.8 Å². The molecule has 2 aromatic rings. The van der Waals surface area contributed by atoms with Crippen molar-refractivity contribution in [3.05, 3.63) is 16.7 Å². The fourth-order valence-corrected chi connectivity index (χ4v) is 1.14. The average molecular weight is 206 g/mol. The molecule has 7 nitrogen and oxygen atoms in total. The van der Waals surface area contributed by atoms with E-state index < -0.39 is 5.69 Å². The summed E-state index contributed by atoms with van der Waals surface area (Å²) >= 11 is 0. The van der Waals surface area contributed by atoms with Crippen LogP contribution in [0, 0.1) is 0 Å². The van der Waals surface area contributed by atoms with E-state index >= 15 is 0 Å². The van der Waals surface area contributed by atoms with Crippen molar-refractivity contribution in [3.63, 3.8) is 0 Å². The monoisotopic (exact) mass is 206 g/mol. The van der Waals surface area contributed by atoms with E-state index in [0.29, 0.717) is 16.9 Å². The Morgan fingerprint density at radius 3 is 3.33 bits per heavy atom. The van der Waals surface area contributed by atoms with E-state index in [9.17, 15) is 4.79 Å². The standard InChI is InChI=1S/C8H10N6O/c1-2-3-9-13-6-5-4-10-14-7(5)12-8(15)11-6/h3-4H,2H2,1H3,(H3,10,11,12,13,14,15). The summed E-state index contributed by atoms with van der Waals surface area (Å²) in [6.45, 7) is 1.96. The van der Waals surface area contributed by atoms with Gasteiger partial charge in [0.15, 0.2) is 5.82 Å². The summed E-state index contributed by atoms with van der Waals surface area (Å²) in [5, 5.41) is 11.1. The molecule has 3 N–H and O–H groups in total. The van der Waals surface area contributed by atoms with Crippen molar-refractivity contribution in [2.24, 2.45) is 5.10 Å². The Bertz CT molecular complexity index is 539. The Kier molecular flexibility index (Phi) is 2.44. The lowest BCUT2D eigenvalue weighted by molar-refractivity contribution is 1.06. The zero-order chi connectivity index (χ0) is 10.7. The molecule has 0 fully saturated rings. The molecule has 0 aliphatic rings. The average Bonchev–Trinajstić information content (AvgIpc) is 2.65. The first-order valence-corrected chi connectivity index (χ1v) is 4.52. The summed E-state index contributed by atoms with van der Waals surface area (Å²) in [4.78, 5) is 17.4. The maximum absolute atomic E-state index is 11.1. The lowest BCUT2D eigenvalue weighted by Gasteiger charge is -1.98. The predicted octanol–water partition coefficient (Wildman–Crippen LogP) is 0.454. The molecule has 0 unspecified atom stereocenters. The zero-order valence-corrected chi connectivity index (χ0v) is 8.11. The molecule has 0 radical (unpaired) electrons. The first-order chi connectivity index (χ1) is 7.31. The molecule has 0 aliphatic heterocycles. The number of fused-ring (bicyclic) bond motifs is 1. The van der Waals surface area contributed by atoms with E-state index in [-0.39, 0.29) is 0 Å². The number of hydrogen-bond donors (Lipinski definition) is 3. The highest BCUT2D eigenvalue weighted by molar-refractivity contribution is 5.85. The molecule has 0 aromatic carbocycles. The number of aromatic nitrogens is 4. The van der Waals surface area contributed by atoms with Crippen molar-refractivity contribution in [2.45, 2.75) is 13.3 Å². The summed E-state index contributed by atoms with van der Waals surface area (Å²) in [7, 11) is 0. The van der Waals surface area contributed by atoms with Crippen LogP contribution in [0.4, 0.5) is 5.82 Å². The molecule has 7 heteroatoms. The number of H-pyrrole nitrogens is 2. The van der Waals surface area contributed by atoms with Gasteiger partial charge in [-0.25, -0.2) is 4.79 Å². The summed E-state index contributed by atoms with van der Waals surface area (Å²) in [6, 6.07) is 0. The Balaban J connectivity index is 2.44. The summed E-state index contributed by atoms with van der Waals surface area (Å²) in [5.74, 6) is 0.396. The normalized spacial score (nSPS) is 11.3. The number of rotatable bonds is 3. The number of anilines is 1. The van der Waals surface area contributed by atoms with E-state index in [0.717, 1.165) is 6.42 Å². The van der Waals surface area contributed by atoms with E-state index in [2.05, 4.69) is 30.7 Å². The third-order valence-electron chi connectivity index (χ3n) is 1.78. The van der Waals surface area contributed by atoms with Crippen molar-refractivity contribution in [3.8, 4) is 0 Å². The van der Waals surface area contributed by atoms with Gasteiger partial charge in [0.25, 0.3) is 0 Å². The minimum atomic E-state index is -0.444. The van der Waals surface area contributed by atoms with Gasteiger partial charge in [0.05, 0.1) is 11.6 Å². The first kappa shape index (κ1) is 9.38. The molecule has 0 bridgehead atoms. The van der Waals surface area contributed by atoms with Crippen LogP contribution in [0.25, 0.3) is 11.0 Å². The van der Waals surface area contributed by atoms with Gasteiger partial charge in [-0.3, -0.25) is 15.5 Å². The van der Waals surface area contributed by atoms with Crippen molar-refractivity contribution in [2.75, 3.05) is 5.43 Å². The van der Waals surface area contributed by atoms with E-state index in [1.54, 1.807) is 12.4 Å². The lowest BCUT2D eigenvalue weighted by atomic mass is 10.4. The molecule has 0 spiro atoms. The third kappa shape index (κ3) is 1.85. The van der Waals surface area contributed by atoms with Crippen LogP contribution < -0.4 is 11.1 Å². The Hall–Kier alpha value is -2.18. The van der Waals surface area contributed by atoms with Gasteiger partial charge < -0.3 is 0 Å². The van der Waals surface area contributed by atoms with Gasteiger partial charge in [0, 0.05) is 6.21 Å². The molecular formula is C8H10N6O. The molecule has 0 atom stereocenters. The van der Waals surface area contributed by atoms with Crippen LogP contribution in [0.3, 0.4) is 0 Å². The van der Waals surface area contributed by atoms with Crippen molar-refractivity contribution in [1.82, 2.24) is 20.2 Å². The fraction of sp³-hybridized carbons (Fsp3) is 0.250. The Morgan fingerprint density at radius 1 is 1.67 bits per heavy atom. The summed E-state index contributed by atoms with van der Waals surface area (Å²) in [5.41, 5.74) is 2.78. The maximum atomic E-state index is 11.1. The number of nitrogens with zero attached hydrogens (tertiary/aromatic N) is 3. The molecule has 0 saturated carbocycles. The third-order valence-corrected chi connectivity index (χ3v) is 1.78. The highest BCUT2D eigenvalue weighted by Gasteiger charge is 2.04. The molecule has 0 aliphatic carbocycles. The highest BCUT2D eigenvalue weighted by Crippen LogP contribution is 2.13. The van der Waals surface area contributed by atoms with Crippen LogP contribution in [-0.4, -0.2) is 26.4 Å². The van der Waals surface area contributed by atoms with Gasteiger partial charge in [-0.2, -0.15) is 15.2 Å². The first-order valence-electron chi connectivity index (χ1n) is 4.52. The smallest absolute Gasteiger partial charge is 0.290 e. The van der Waals surface area contributed by atoms with E-state index in [1.165, 1.54) is 0 Å². The molecule has 2 aromatic heterocycles. The summed E-state index contributed by atoms with van der Waals surface area (Å²) < 4.78 is 0. The second-order valence-corrected chi connectivity index (χ2v) is 2.88. The van der Waals surface area contributed by atoms with Crippen molar-refractivity contribution >= 4 is 23.1 Å². The maximum Gasteiger partial charge on any atom is 0.348 e. The van der Waals surface area contributed by atoms with E-state index in [1.807, 2.05) is 6.92 Å². The molecule has 2 heterocycles. The van der Waals surface area contributed by atoms with Crippen molar-refractivity contribution in [1.29, 1.82) is 0 Å². The van der Waals surface area contributed by atoms with Gasteiger partial charge in [-0.1, -0.05) is 6.92 Å². The van der Waals surface area contributed by atoms with Crippen LogP contribution >= 0.6 is 0 Å². The molecule has 0 saturated heterocycles. The van der Waals surface area contributed by atoms with Crippen LogP contribution in [-0.2, 0) is 0 Å². The number of hydrogen-bond acceptors (Lipinski definition) is 5. The quantitative estimate of drug-likeness (QED) is 0.501. The Morgan fingerprint density at radius 2 is 2.53 bits per heavy atom. The number of hydrazone groups is 1. The molecular weight excluding hydrogens is 196 g/mol. The summed E-state index contributed by atoms with van der Waals surface area (Å²) in [6.07, 6.45) is 4.07. The fourth-order valence-electron chi connectivity index (χ4n) is 1.14. The highest BCUT2D eigenvalue weighted by atomic mass is 16.1. The lowest BCUT2D eigenvalue weighted by Crippen LogP contribution is -2.12. The van der Waals surface area contributed by atoms with Crippen molar-refractivity contribution < 1.29 is 0 Å². The minimum absolute atomic E-state index is 0.396. The zero-order valence-electron chi connectivity index (χ0n) is 8.11. The number of nitrogens with one attached hydrogen (secondary N) is 3. The van der Waals surface area contributed by atoms with E-state index in [4.69, 9.17) is 0 Å². The Labute approximate surface area is 84.6 Å². The second-order valence-electron chi connectivity index (χ2n) is 2.88. The molecule has 15 heavy (non-hydrogen) atoms. The predicted molar refractivity (Wildman–Crippen MR) is 56.9 cm³/mol. The molecule has 78 valence electrons. The van der Waals surface area contributed by atoms with Gasteiger partial charge in [-0.15, -0.1) is 0 Å². The second kappa shape index (κ2) is 3.91. The largest absolute Gasteiger partial charge is 0.348 e. The molecule has 0 amide bonds. The van der Waals surface area contributed by atoms with Crippen LogP contribution in [0.5, 0.6) is 0 Å².